The van der Waals surface area contributed by atoms with E-state index in [-0.39, 0.29) is 16.4 Å². The lowest BCUT2D eigenvalue weighted by molar-refractivity contribution is 0.0278. The van der Waals surface area contributed by atoms with Crippen molar-refractivity contribution in [3.63, 3.8) is 0 Å². The second-order valence-electron chi connectivity index (χ2n) is 4.82. The molecule has 0 radical (unpaired) electrons. The van der Waals surface area contributed by atoms with E-state index in [0.29, 0.717) is 13.2 Å². The Hall–Kier alpha value is -0.640. The highest BCUT2D eigenvalue weighted by molar-refractivity contribution is 6.30. The van der Waals surface area contributed by atoms with Gasteiger partial charge in [-0.1, -0.05) is 17.7 Å². The Morgan fingerprint density at radius 1 is 1.53 bits per heavy atom. The molecular formula is C13H17ClFNO. The Morgan fingerprint density at radius 2 is 2.35 bits per heavy atom. The maximum Gasteiger partial charge on any atom is 0.142 e. The maximum absolute atomic E-state index is 13.3. The summed E-state index contributed by atoms with van der Waals surface area (Å²) in [7, 11) is 0. The van der Waals surface area contributed by atoms with Crippen molar-refractivity contribution in [1.29, 1.82) is 0 Å². The quantitative estimate of drug-likeness (QED) is 0.898. The molecule has 1 atom stereocenters. The molecule has 2 rings (SSSR count). The average molecular weight is 258 g/mol. The summed E-state index contributed by atoms with van der Waals surface area (Å²) in [5.41, 5.74) is 0.896. The third-order valence-corrected chi connectivity index (χ3v) is 3.45. The van der Waals surface area contributed by atoms with E-state index in [9.17, 15) is 4.39 Å². The molecule has 1 unspecified atom stereocenters. The standard InChI is InChI=1S/C13H17ClFNO/c1-13(5-2-6-17-9-13)16-8-10-3-4-11(14)12(15)7-10/h3-4,7,16H,2,5-6,8-9H2,1H3. The van der Waals surface area contributed by atoms with E-state index in [1.54, 1.807) is 6.07 Å². The fraction of sp³-hybridized carbons (Fsp3) is 0.538. The van der Waals surface area contributed by atoms with E-state index in [1.807, 2.05) is 6.07 Å². The van der Waals surface area contributed by atoms with Crippen molar-refractivity contribution in [3.8, 4) is 0 Å². The SMILES string of the molecule is CC1(NCc2ccc(Cl)c(F)c2)CCCOC1. The van der Waals surface area contributed by atoms with E-state index in [1.165, 1.54) is 6.07 Å². The first kappa shape index (κ1) is 12.8. The zero-order valence-electron chi connectivity index (χ0n) is 9.93. The number of rotatable bonds is 3. The third kappa shape index (κ3) is 3.41. The van der Waals surface area contributed by atoms with Gasteiger partial charge in [-0.15, -0.1) is 0 Å². The predicted octanol–water partition coefficient (Wildman–Crippen LogP) is 3.14. The normalized spacial score (nSPS) is 24.9. The van der Waals surface area contributed by atoms with Crippen molar-refractivity contribution < 1.29 is 9.13 Å². The summed E-state index contributed by atoms with van der Waals surface area (Å²) in [5.74, 6) is -0.365. The van der Waals surface area contributed by atoms with Gasteiger partial charge in [0.25, 0.3) is 0 Å². The monoisotopic (exact) mass is 257 g/mol. The summed E-state index contributed by atoms with van der Waals surface area (Å²) < 4.78 is 18.7. The summed E-state index contributed by atoms with van der Waals surface area (Å²) >= 11 is 5.64. The molecule has 1 fully saturated rings. The highest BCUT2D eigenvalue weighted by atomic mass is 35.5. The van der Waals surface area contributed by atoms with E-state index < -0.39 is 0 Å². The molecule has 17 heavy (non-hydrogen) atoms. The lowest BCUT2D eigenvalue weighted by Crippen LogP contribution is -2.48. The maximum atomic E-state index is 13.3. The van der Waals surface area contributed by atoms with Crippen molar-refractivity contribution in [3.05, 3.63) is 34.6 Å². The fourth-order valence-corrected chi connectivity index (χ4v) is 2.16. The number of nitrogens with one attached hydrogen (secondary N) is 1. The van der Waals surface area contributed by atoms with Gasteiger partial charge in [0.1, 0.15) is 5.82 Å². The molecule has 1 aliphatic heterocycles. The molecule has 1 heterocycles. The first-order chi connectivity index (χ1) is 8.09. The van der Waals surface area contributed by atoms with Crippen LogP contribution in [0.15, 0.2) is 18.2 Å². The van der Waals surface area contributed by atoms with Crippen LogP contribution in [0.1, 0.15) is 25.3 Å². The minimum Gasteiger partial charge on any atom is -0.380 e. The Kier molecular flexibility index (Phi) is 4.02. The van der Waals surface area contributed by atoms with Crippen molar-refractivity contribution in [1.82, 2.24) is 5.32 Å². The largest absolute Gasteiger partial charge is 0.380 e. The van der Waals surface area contributed by atoms with Crippen LogP contribution in [0.5, 0.6) is 0 Å². The van der Waals surface area contributed by atoms with Crippen LogP contribution in [0.4, 0.5) is 4.39 Å². The summed E-state index contributed by atoms with van der Waals surface area (Å²) in [6, 6.07) is 4.90. The van der Waals surface area contributed by atoms with Gasteiger partial charge in [0.2, 0.25) is 0 Å². The van der Waals surface area contributed by atoms with Crippen molar-refractivity contribution >= 4 is 11.6 Å². The lowest BCUT2D eigenvalue weighted by atomic mass is 9.94. The molecule has 0 bridgehead atoms. The van der Waals surface area contributed by atoms with Crippen LogP contribution in [-0.2, 0) is 11.3 Å². The Labute approximate surface area is 106 Å². The van der Waals surface area contributed by atoms with Gasteiger partial charge in [0.15, 0.2) is 0 Å². The molecule has 0 aromatic heterocycles. The van der Waals surface area contributed by atoms with Gasteiger partial charge in [-0.25, -0.2) is 4.39 Å². The fourth-order valence-electron chi connectivity index (χ4n) is 2.04. The van der Waals surface area contributed by atoms with E-state index in [2.05, 4.69) is 12.2 Å². The summed E-state index contributed by atoms with van der Waals surface area (Å²) in [5, 5.41) is 3.59. The van der Waals surface area contributed by atoms with Gasteiger partial charge in [0, 0.05) is 18.7 Å². The number of hydrogen-bond donors (Lipinski definition) is 1. The lowest BCUT2D eigenvalue weighted by Gasteiger charge is -2.34. The van der Waals surface area contributed by atoms with Crippen LogP contribution in [0.3, 0.4) is 0 Å². The molecule has 0 aliphatic carbocycles. The van der Waals surface area contributed by atoms with Gasteiger partial charge in [-0.05, 0) is 37.5 Å². The summed E-state index contributed by atoms with van der Waals surface area (Å²) in [6.45, 7) is 4.32. The highest BCUT2D eigenvalue weighted by Crippen LogP contribution is 2.20. The molecule has 2 nitrogen and oxygen atoms in total. The second-order valence-corrected chi connectivity index (χ2v) is 5.23. The molecule has 1 N–H and O–H groups in total. The van der Waals surface area contributed by atoms with Gasteiger partial charge >= 0.3 is 0 Å². The van der Waals surface area contributed by atoms with Gasteiger partial charge in [0.05, 0.1) is 11.6 Å². The number of ether oxygens (including phenoxy) is 1. The molecule has 1 saturated heterocycles. The third-order valence-electron chi connectivity index (χ3n) is 3.14. The average Bonchev–Trinajstić information content (AvgIpc) is 2.32. The number of halogens is 2. The van der Waals surface area contributed by atoms with Gasteiger partial charge in [-0.2, -0.15) is 0 Å². The number of benzene rings is 1. The van der Waals surface area contributed by atoms with E-state index in [4.69, 9.17) is 16.3 Å². The van der Waals surface area contributed by atoms with Crippen LogP contribution in [0.2, 0.25) is 5.02 Å². The van der Waals surface area contributed by atoms with Crippen LogP contribution in [-0.4, -0.2) is 18.8 Å². The molecule has 0 amide bonds. The number of hydrogen-bond acceptors (Lipinski definition) is 2. The summed E-state index contributed by atoms with van der Waals surface area (Å²) in [4.78, 5) is 0. The van der Waals surface area contributed by atoms with Crippen LogP contribution in [0, 0.1) is 5.82 Å². The molecule has 1 aliphatic rings. The molecule has 0 saturated carbocycles. The minimum atomic E-state index is -0.365. The zero-order chi connectivity index (χ0) is 12.3. The minimum absolute atomic E-state index is 0.00559. The Morgan fingerprint density at radius 3 is 3.00 bits per heavy atom. The van der Waals surface area contributed by atoms with Crippen LogP contribution >= 0.6 is 11.6 Å². The smallest absolute Gasteiger partial charge is 0.142 e. The molecule has 1 aromatic rings. The highest BCUT2D eigenvalue weighted by Gasteiger charge is 2.26. The predicted molar refractivity (Wildman–Crippen MR) is 66.7 cm³/mol. The summed E-state index contributed by atoms with van der Waals surface area (Å²) in [6.07, 6.45) is 2.15. The van der Waals surface area contributed by atoms with Gasteiger partial charge < -0.3 is 10.1 Å². The molecule has 94 valence electrons. The Balaban J connectivity index is 1.94. The second kappa shape index (κ2) is 5.34. The van der Waals surface area contributed by atoms with Crippen molar-refractivity contribution in [2.24, 2.45) is 0 Å². The van der Waals surface area contributed by atoms with E-state index >= 15 is 0 Å². The first-order valence-electron chi connectivity index (χ1n) is 5.86. The topological polar surface area (TPSA) is 21.3 Å². The van der Waals surface area contributed by atoms with Crippen LogP contribution in [0.25, 0.3) is 0 Å². The first-order valence-corrected chi connectivity index (χ1v) is 6.24. The molecular weight excluding hydrogens is 241 g/mol. The van der Waals surface area contributed by atoms with Gasteiger partial charge in [-0.3, -0.25) is 0 Å². The zero-order valence-corrected chi connectivity index (χ0v) is 10.7. The van der Waals surface area contributed by atoms with Crippen LogP contribution < -0.4 is 5.32 Å². The Bertz CT molecular complexity index is 391. The van der Waals surface area contributed by atoms with E-state index in [0.717, 1.165) is 25.0 Å². The molecule has 1 aromatic carbocycles. The molecule has 0 spiro atoms. The van der Waals surface area contributed by atoms with Crippen molar-refractivity contribution in [2.75, 3.05) is 13.2 Å². The molecule has 4 heteroatoms. The van der Waals surface area contributed by atoms with Crippen molar-refractivity contribution in [2.45, 2.75) is 31.8 Å².